The summed E-state index contributed by atoms with van der Waals surface area (Å²) in [5, 5.41) is 4.01. The molecule has 40 heavy (non-hydrogen) atoms. The number of carbonyl (C=O) groups excluding carboxylic acids is 1. The molecular formula is C27H28N4O6S3. The Labute approximate surface area is 238 Å². The van der Waals surface area contributed by atoms with Crippen LogP contribution in [0.5, 0.6) is 5.75 Å². The first-order valence-corrected chi connectivity index (χ1v) is 16.6. The van der Waals surface area contributed by atoms with Crippen LogP contribution in [-0.2, 0) is 24.8 Å². The van der Waals surface area contributed by atoms with Crippen molar-refractivity contribution in [3.8, 4) is 5.75 Å². The van der Waals surface area contributed by atoms with E-state index in [1.54, 1.807) is 48.5 Å². The van der Waals surface area contributed by atoms with Gasteiger partial charge in [-0.05, 0) is 54.1 Å². The average molecular weight is 601 g/mol. The fraction of sp³-hybridized carbons (Fsp3) is 0.259. The quantitative estimate of drug-likeness (QED) is 0.295. The Morgan fingerprint density at radius 1 is 0.850 bits per heavy atom. The van der Waals surface area contributed by atoms with E-state index in [-0.39, 0.29) is 35.5 Å². The molecule has 210 valence electrons. The smallest absolute Gasteiger partial charge is 0.259 e. The van der Waals surface area contributed by atoms with Crippen molar-refractivity contribution in [3.63, 3.8) is 0 Å². The molecule has 3 aromatic carbocycles. The van der Waals surface area contributed by atoms with Gasteiger partial charge in [0.25, 0.3) is 5.91 Å². The lowest BCUT2D eigenvalue weighted by atomic mass is 10.2. The Bertz CT molecular complexity index is 1560. The second-order valence-electron chi connectivity index (χ2n) is 9.20. The summed E-state index contributed by atoms with van der Waals surface area (Å²) in [5.74, 6) is 1.94. The van der Waals surface area contributed by atoms with E-state index in [2.05, 4.69) is 10.5 Å². The molecule has 13 heteroatoms. The number of rotatable bonds is 9. The van der Waals surface area contributed by atoms with Gasteiger partial charge >= 0.3 is 0 Å². The monoisotopic (exact) mass is 600 g/mol. The standard InChI is InChI=1S/C27H28N4O6S3/c32-27(29-28-17-21-11-13-22(14-12-21)37-23-19-38-20-23)26-18-30(39(33,34)24-7-3-1-4-8-24)15-16-31(26)40(35,36)25-9-5-2-6-10-25/h1-14,17,23,26H,15-16,18-20H2,(H,29,32)/b28-17-/t26-/m1/s1. The molecule has 2 aliphatic rings. The molecule has 0 aromatic heterocycles. The number of hydrazone groups is 1. The van der Waals surface area contributed by atoms with Crippen LogP contribution in [-0.4, -0.2) is 80.9 Å². The predicted molar refractivity (Wildman–Crippen MR) is 153 cm³/mol. The van der Waals surface area contributed by atoms with Crippen molar-refractivity contribution in [1.82, 2.24) is 14.0 Å². The fourth-order valence-electron chi connectivity index (χ4n) is 4.28. The first kappa shape index (κ1) is 28.3. The van der Waals surface area contributed by atoms with Crippen molar-refractivity contribution in [2.75, 3.05) is 31.1 Å². The third-order valence-corrected chi connectivity index (χ3v) is 11.5. The van der Waals surface area contributed by atoms with Crippen molar-refractivity contribution in [2.24, 2.45) is 5.10 Å². The minimum atomic E-state index is -4.10. The van der Waals surface area contributed by atoms with E-state index in [1.165, 1.54) is 30.5 Å². The minimum absolute atomic E-state index is 0.0125. The highest BCUT2D eigenvalue weighted by molar-refractivity contribution is 8.00. The zero-order valence-corrected chi connectivity index (χ0v) is 23.8. The van der Waals surface area contributed by atoms with Crippen LogP contribution in [0.4, 0.5) is 0 Å². The van der Waals surface area contributed by atoms with Gasteiger partial charge in [-0.1, -0.05) is 36.4 Å². The van der Waals surface area contributed by atoms with Gasteiger partial charge in [0, 0.05) is 31.1 Å². The molecule has 0 unspecified atom stereocenters. The molecule has 1 atom stereocenters. The summed E-state index contributed by atoms with van der Waals surface area (Å²) < 4.78 is 61.5. The van der Waals surface area contributed by atoms with Gasteiger partial charge in [-0.2, -0.15) is 25.5 Å². The van der Waals surface area contributed by atoms with Crippen LogP contribution in [0.25, 0.3) is 0 Å². The number of benzene rings is 3. The summed E-state index contributed by atoms with van der Waals surface area (Å²) in [6.07, 6.45) is 1.65. The molecule has 0 aliphatic carbocycles. The number of amides is 1. The molecule has 1 amide bonds. The molecule has 0 saturated carbocycles. The van der Waals surface area contributed by atoms with Crippen molar-refractivity contribution in [2.45, 2.75) is 21.9 Å². The molecular weight excluding hydrogens is 573 g/mol. The van der Waals surface area contributed by atoms with Gasteiger partial charge in [0.1, 0.15) is 17.9 Å². The second kappa shape index (κ2) is 12.1. The summed E-state index contributed by atoms with van der Waals surface area (Å²) >= 11 is 1.83. The molecule has 3 aromatic rings. The van der Waals surface area contributed by atoms with E-state index in [9.17, 15) is 21.6 Å². The van der Waals surface area contributed by atoms with Gasteiger partial charge in [-0.15, -0.1) is 0 Å². The number of hydrogen-bond acceptors (Lipinski definition) is 8. The van der Waals surface area contributed by atoms with Gasteiger partial charge < -0.3 is 4.74 Å². The van der Waals surface area contributed by atoms with Crippen LogP contribution in [0.15, 0.2) is 99.8 Å². The molecule has 0 radical (unpaired) electrons. The molecule has 2 fully saturated rings. The van der Waals surface area contributed by atoms with Crippen LogP contribution < -0.4 is 10.2 Å². The topological polar surface area (TPSA) is 125 Å². The number of carbonyl (C=O) groups is 1. The van der Waals surface area contributed by atoms with E-state index in [0.29, 0.717) is 5.56 Å². The number of piperazine rings is 1. The number of thioether (sulfide) groups is 1. The third kappa shape index (κ3) is 6.23. The highest BCUT2D eigenvalue weighted by Crippen LogP contribution is 2.26. The summed E-state index contributed by atoms with van der Waals surface area (Å²) in [4.78, 5) is 13.4. The summed E-state index contributed by atoms with van der Waals surface area (Å²) in [6, 6.07) is 21.4. The molecule has 10 nitrogen and oxygen atoms in total. The predicted octanol–water partition coefficient (Wildman–Crippen LogP) is 2.39. The van der Waals surface area contributed by atoms with E-state index < -0.39 is 32.0 Å². The maximum atomic E-state index is 13.5. The van der Waals surface area contributed by atoms with Gasteiger partial charge in [-0.25, -0.2) is 22.3 Å². The normalized spacial score (nSPS) is 19.2. The summed E-state index contributed by atoms with van der Waals surface area (Å²) in [5.41, 5.74) is 3.10. The number of sulfonamides is 2. The largest absolute Gasteiger partial charge is 0.489 e. The Kier molecular flexibility index (Phi) is 8.57. The van der Waals surface area contributed by atoms with Crippen LogP contribution in [0.2, 0.25) is 0 Å². The lowest BCUT2D eigenvalue weighted by Crippen LogP contribution is -2.60. The Morgan fingerprint density at radius 3 is 2.02 bits per heavy atom. The first-order chi connectivity index (χ1) is 19.2. The van der Waals surface area contributed by atoms with Crippen molar-refractivity contribution < 1.29 is 26.4 Å². The maximum Gasteiger partial charge on any atom is 0.259 e. The van der Waals surface area contributed by atoms with Gasteiger partial charge in [0.2, 0.25) is 20.0 Å². The number of nitrogens with one attached hydrogen (secondary N) is 1. The molecule has 0 spiro atoms. The third-order valence-electron chi connectivity index (χ3n) is 6.51. The molecule has 2 aliphatic heterocycles. The highest BCUT2D eigenvalue weighted by Gasteiger charge is 2.43. The highest BCUT2D eigenvalue weighted by atomic mass is 32.2. The zero-order chi connectivity index (χ0) is 28.2. The number of hydrogen-bond donors (Lipinski definition) is 1. The molecule has 0 bridgehead atoms. The maximum absolute atomic E-state index is 13.5. The van der Waals surface area contributed by atoms with Crippen LogP contribution in [0.1, 0.15) is 5.56 Å². The summed E-state index contributed by atoms with van der Waals surface area (Å²) in [6.45, 7) is -0.674. The molecule has 2 heterocycles. The molecule has 1 N–H and O–H groups in total. The summed E-state index contributed by atoms with van der Waals surface area (Å²) in [7, 11) is -8.05. The fourth-order valence-corrected chi connectivity index (χ4v) is 7.90. The number of nitrogens with zero attached hydrogens (tertiary/aromatic N) is 3. The van der Waals surface area contributed by atoms with Gasteiger partial charge in [-0.3, -0.25) is 4.79 Å². The Balaban J connectivity index is 1.34. The molecule has 2 saturated heterocycles. The lowest BCUT2D eigenvalue weighted by molar-refractivity contribution is -0.125. The Hall–Kier alpha value is -3.23. The first-order valence-electron chi connectivity index (χ1n) is 12.5. The average Bonchev–Trinajstić information content (AvgIpc) is 2.96. The SMILES string of the molecule is O=C(N/N=C\c1ccc(OC2CSC2)cc1)[C@H]1CN(S(=O)(=O)c2ccccc2)CCN1S(=O)(=O)c1ccccc1. The van der Waals surface area contributed by atoms with Crippen molar-refractivity contribution in [1.29, 1.82) is 0 Å². The number of ether oxygens (including phenoxy) is 1. The zero-order valence-electron chi connectivity index (χ0n) is 21.4. The van der Waals surface area contributed by atoms with Crippen molar-refractivity contribution in [3.05, 3.63) is 90.5 Å². The van der Waals surface area contributed by atoms with Gasteiger partial charge in [0.05, 0.1) is 16.0 Å². The van der Waals surface area contributed by atoms with Crippen LogP contribution >= 0.6 is 11.8 Å². The molecule has 5 rings (SSSR count). The van der Waals surface area contributed by atoms with Crippen LogP contribution in [0, 0.1) is 0 Å². The lowest BCUT2D eigenvalue weighted by Gasteiger charge is -2.38. The second-order valence-corrected chi connectivity index (χ2v) is 14.1. The van der Waals surface area contributed by atoms with E-state index >= 15 is 0 Å². The van der Waals surface area contributed by atoms with Crippen molar-refractivity contribution >= 4 is 43.9 Å². The van der Waals surface area contributed by atoms with E-state index in [1.807, 2.05) is 23.9 Å². The minimum Gasteiger partial charge on any atom is -0.489 e. The van der Waals surface area contributed by atoms with Crippen LogP contribution in [0.3, 0.4) is 0 Å². The van der Waals surface area contributed by atoms with E-state index in [0.717, 1.165) is 25.9 Å². The van der Waals surface area contributed by atoms with Gasteiger partial charge in [0.15, 0.2) is 0 Å². The Morgan fingerprint density at radius 2 is 1.45 bits per heavy atom. The van der Waals surface area contributed by atoms with E-state index in [4.69, 9.17) is 4.74 Å².